The van der Waals surface area contributed by atoms with Gasteiger partial charge in [0.25, 0.3) is 0 Å². The van der Waals surface area contributed by atoms with Gasteiger partial charge in [-0.2, -0.15) is 0 Å². The van der Waals surface area contributed by atoms with Crippen LogP contribution < -0.4 is 16.0 Å². The molecular formula is C18H27FN4O2S. The highest BCUT2D eigenvalue weighted by Gasteiger charge is 2.26. The molecule has 8 heteroatoms. The molecule has 1 aromatic rings. The van der Waals surface area contributed by atoms with Crippen molar-refractivity contribution in [3.63, 3.8) is 0 Å². The number of rotatable bonds is 6. The van der Waals surface area contributed by atoms with Gasteiger partial charge in [-0.05, 0) is 43.5 Å². The van der Waals surface area contributed by atoms with Gasteiger partial charge in [-0.3, -0.25) is 14.0 Å². The van der Waals surface area contributed by atoms with E-state index in [1.807, 2.05) is 6.92 Å². The quantitative estimate of drug-likeness (QED) is 0.519. The van der Waals surface area contributed by atoms with E-state index in [-0.39, 0.29) is 29.6 Å². The van der Waals surface area contributed by atoms with Crippen molar-refractivity contribution in [2.45, 2.75) is 43.9 Å². The van der Waals surface area contributed by atoms with Gasteiger partial charge in [-0.15, -0.1) is 0 Å². The van der Waals surface area contributed by atoms with Crippen molar-refractivity contribution in [3.8, 4) is 0 Å². The van der Waals surface area contributed by atoms with Crippen molar-refractivity contribution in [2.24, 2.45) is 4.99 Å². The Balaban J connectivity index is 1.79. The predicted molar refractivity (Wildman–Crippen MR) is 104 cm³/mol. The molecule has 1 fully saturated rings. The lowest BCUT2D eigenvalue weighted by atomic mass is 9.95. The lowest BCUT2D eigenvalue weighted by Gasteiger charge is -2.30. The van der Waals surface area contributed by atoms with E-state index in [0.717, 1.165) is 25.7 Å². The Hall–Kier alpha value is -1.96. The van der Waals surface area contributed by atoms with Gasteiger partial charge in [0.1, 0.15) is 5.82 Å². The second kappa shape index (κ2) is 10.3. The third kappa shape index (κ3) is 6.40. The Morgan fingerprint density at radius 3 is 2.69 bits per heavy atom. The molecule has 0 saturated heterocycles. The molecule has 6 nitrogen and oxygen atoms in total. The molecule has 0 bridgehead atoms. The molecule has 0 heterocycles. The molecule has 0 spiro atoms. The topological polar surface area (TPSA) is 82.6 Å². The largest absolute Gasteiger partial charge is 0.354 e. The number of hydrogen-bond donors (Lipinski definition) is 3. The highest BCUT2D eigenvalue weighted by molar-refractivity contribution is 7.85. The minimum absolute atomic E-state index is 0.0497. The first kappa shape index (κ1) is 20.4. The highest BCUT2D eigenvalue weighted by atomic mass is 32.2. The fourth-order valence-electron chi connectivity index (χ4n) is 3.04. The van der Waals surface area contributed by atoms with Crippen LogP contribution in [0.1, 0.15) is 32.6 Å². The van der Waals surface area contributed by atoms with Gasteiger partial charge in [-0.25, -0.2) is 4.39 Å². The minimum Gasteiger partial charge on any atom is -0.354 e. The third-order valence-electron chi connectivity index (χ3n) is 4.39. The van der Waals surface area contributed by atoms with Crippen molar-refractivity contribution in [3.05, 3.63) is 30.1 Å². The molecule has 1 aromatic carbocycles. The van der Waals surface area contributed by atoms with E-state index in [2.05, 4.69) is 20.9 Å². The van der Waals surface area contributed by atoms with Crippen LogP contribution >= 0.6 is 0 Å². The summed E-state index contributed by atoms with van der Waals surface area (Å²) in [4.78, 5) is 16.2. The van der Waals surface area contributed by atoms with E-state index in [9.17, 15) is 13.4 Å². The fraction of sp³-hybridized carbons (Fsp3) is 0.556. The summed E-state index contributed by atoms with van der Waals surface area (Å²) in [5.74, 6) is 0.648. The molecule has 1 aliphatic carbocycles. The van der Waals surface area contributed by atoms with Crippen molar-refractivity contribution < 1.29 is 13.4 Å². The zero-order valence-electron chi connectivity index (χ0n) is 15.3. The van der Waals surface area contributed by atoms with Crippen LogP contribution in [0.3, 0.4) is 0 Å². The van der Waals surface area contributed by atoms with Gasteiger partial charge in [0.2, 0.25) is 5.91 Å². The van der Waals surface area contributed by atoms with E-state index in [1.54, 1.807) is 7.05 Å². The second-order valence-electron chi connectivity index (χ2n) is 6.28. The first-order valence-corrected chi connectivity index (χ1v) is 10.3. The van der Waals surface area contributed by atoms with Crippen molar-refractivity contribution >= 4 is 28.4 Å². The van der Waals surface area contributed by atoms with Crippen LogP contribution in [0.4, 0.5) is 10.1 Å². The van der Waals surface area contributed by atoms with E-state index in [4.69, 9.17) is 0 Å². The Bertz CT molecular complexity index is 651. The normalized spacial score (nSPS) is 21.7. The SMILES string of the molecule is CCS(=O)C1CCCC(NC(=NC)NCC(=O)Nc2ccc(F)cc2)C1. The van der Waals surface area contributed by atoms with Crippen molar-refractivity contribution in [1.29, 1.82) is 0 Å². The van der Waals surface area contributed by atoms with Gasteiger partial charge in [-0.1, -0.05) is 13.3 Å². The average Bonchev–Trinajstić information content (AvgIpc) is 2.66. The van der Waals surface area contributed by atoms with Gasteiger partial charge >= 0.3 is 0 Å². The summed E-state index contributed by atoms with van der Waals surface area (Å²) in [5.41, 5.74) is 0.540. The Morgan fingerprint density at radius 2 is 2.04 bits per heavy atom. The van der Waals surface area contributed by atoms with E-state index < -0.39 is 10.8 Å². The Kier molecular flexibility index (Phi) is 8.03. The van der Waals surface area contributed by atoms with Crippen molar-refractivity contribution in [2.75, 3.05) is 24.7 Å². The molecule has 1 aliphatic rings. The van der Waals surface area contributed by atoms with Crippen LogP contribution in [0.25, 0.3) is 0 Å². The number of nitrogens with zero attached hydrogens (tertiary/aromatic N) is 1. The molecule has 2 rings (SSSR count). The zero-order chi connectivity index (χ0) is 18.9. The average molecular weight is 383 g/mol. The molecule has 3 atom stereocenters. The smallest absolute Gasteiger partial charge is 0.243 e. The van der Waals surface area contributed by atoms with Gasteiger partial charge < -0.3 is 16.0 Å². The predicted octanol–water partition coefficient (Wildman–Crippen LogP) is 2.01. The number of halogens is 1. The number of benzene rings is 1. The van der Waals surface area contributed by atoms with Crippen LogP contribution in [-0.2, 0) is 15.6 Å². The Labute approximate surface area is 156 Å². The summed E-state index contributed by atoms with van der Waals surface area (Å²) >= 11 is 0. The lowest BCUT2D eigenvalue weighted by molar-refractivity contribution is -0.115. The Morgan fingerprint density at radius 1 is 1.31 bits per heavy atom. The van der Waals surface area contributed by atoms with Gasteiger partial charge in [0, 0.05) is 40.6 Å². The highest BCUT2D eigenvalue weighted by Crippen LogP contribution is 2.22. The molecule has 0 aromatic heterocycles. The fourth-order valence-corrected chi connectivity index (χ4v) is 4.39. The maximum absolute atomic E-state index is 12.9. The van der Waals surface area contributed by atoms with Crippen LogP contribution in [0, 0.1) is 5.82 Å². The minimum atomic E-state index is -0.777. The number of carbonyl (C=O) groups excluding carboxylic acids is 1. The van der Waals surface area contributed by atoms with Crippen LogP contribution in [-0.4, -0.2) is 46.7 Å². The van der Waals surface area contributed by atoms with E-state index in [1.165, 1.54) is 24.3 Å². The maximum atomic E-state index is 12.9. The molecule has 3 N–H and O–H groups in total. The lowest BCUT2D eigenvalue weighted by Crippen LogP contribution is -2.48. The molecule has 144 valence electrons. The number of nitrogens with one attached hydrogen (secondary N) is 3. The van der Waals surface area contributed by atoms with Crippen LogP contribution in [0.2, 0.25) is 0 Å². The number of hydrogen-bond acceptors (Lipinski definition) is 3. The second-order valence-corrected chi connectivity index (χ2v) is 8.29. The molecular weight excluding hydrogens is 355 g/mol. The molecule has 26 heavy (non-hydrogen) atoms. The zero-order valence-corrected chi connectivity index (χ0v) is 16.1. The molecule has 1 amide bonds. The molecule has 0 aliphatic heterocycles. The third-order valence-corrected chi connectivity index (χ3v) is 6.13. The maximum Gasteiger partial charge on any atom is 0.243 e. The van der Waals surface area contributed by atoms with Crippen molar-refractivity contribution in [1.82, 2.24) is 10.6 Å². The summed E-state index contributed by atoms with van der Waals surface area (Å²) in [7, 11) is 0.873. The first-order valence-electron chi connectivity index (χ1n) is 8.91. The summed E-state index contributed by atoms with van der Waals surface area (Å²) in [6, 6.07) is 5.81. The van der Waals surface area contributed by atoms with E-state index >= 15 is 0 Å². The van der Waals surface area contributed by atoms with Gasteiger partial charge in [0.15, 0.2) is 5.96 Å². The van der Waals surface area contributed by atoms with E-state index in [0.29, 0.717) is 17.4 Å². The molecule has 0 radical (unpaired) electrons. The summed E-state index contributed by atoms with van der Waals surface area (Å²) < 4.78 is 24.9. The number of anilines is 1. The number of carbonyl (C=O) groups is 1. The molecule has 3 unspecified atom stereocenters. The number of aliphatic imine (C=N–C) groups is 1. The van der Waals surface area contributed by atoms with Gasteiger partial charge in [0.05, 0.1) is 6.54 Å². The monoisotopic (exact) mass is 382 g/mol. The standard InChI is InChI=1S/C18H27FN4O2S/c1-3-26(25)16-6-4-5-15(11-16)23-18(20-2)21-12-17(24)22-14-9-7-13(19)8-10-14/h7-10,15-16H,3-6,11-12H2,1-2H3,(H,22,24)(H2,20,21,23). The number of guanidine groups is 1. The van der Waals surface area contributed by atoms with Crippen LogP contribution in [0.5, 0.6) is 0 Å². The summed E-state index contributed by atoms with van der Waals surface area (Å²) in [6.07, 6.45) is 3.89. The first-order chi connectivity index (χ1) is 12.5. The summed E-state index contributed by atoms with van der Waals surface area (Å²) in [5, 5.41) is 9.22. The van der Waals surface area contributed by atoms with Crippen LogP contribution in [0.15, 0.2) is 29.3 Å². The number of amides is 1. The summed E-state index contributed by atoms with van der Waals surface area (Å²) in [6.45, 7) is 2.00. The molecule has 1 saturated carbocycles.